The predicted molar refractivity (Wildman–Crippen MR) is 95.4 cm³/mol. The van der Waals surface area contributed by atoms with E-state index in [9.17, 15) is 13.2 Å². The maximum absolute atomic E-state index is 14.3. The van der Waals surface area contributed by atoms with Crippen LogP contribution < -0.4 is 4.90 Å². The highest BCUT2D eigenvalue weighted by Crippen LogP contribution is 2.34. The van der Waals surface area contributed by atoms with Gasteiger partial charge in [0.2, 0.25) is 5.95 Å². The van der Waals surface area contributed by atoms with Crippen LogP contribution in [-0.4, -0.2) is 58.6 Å². The largest absolute Gasteiger partial charge is 0.348 e. The van der Waals surface area contributed by atoms with Crippen LogP contribution in [0.25, 0.3) is 16.2 Å². The van der Waals surface area contributed by atoms with E-state index < -0.39 is 25.0 Å². The van der Waals surface area contributed by atoms with Crippen molar-refractivity contribution in [3.8, 4) is 11.4 Å². The summed E-state index contributed by atoms with van der Waals surface area (Å²) in [6.07, 6.45) is 1.23. The highest BCUT2D eigenvalue weighted by molar-refractivity contribution is 6.42. The molecule has 0 N–H and O–H groups in total. The first-order valence-corrected chi connectivity index (χ1v) is 8.58. The first-order valence-electron chi connectivity index (χ1n) is 7.82. The van der Waals surface area contributed by atoms with E-state index in [0.29, 0.717) is 5.56 Å². The van der Waals surface area contributed by atoms with Crippen molar-refractivity contribution < 1.29 is 13.2 Å². The van der Waals surface area contributed by atoms with E-state index in [-0.39, 0.29) is 41.6 Å². The average Bonchev–Trinajstić information content (AvgIpc) is 2.75. The topological polar surface area (TPSA) is 49.5 Å². The van der Waals surface area contributed by atoms with E-state index >= 15 is 0 Å². The molecule has 0 aliphatic carbocycles. The first-order chi connectivity index (χ1) is 12.8. The Kier molecular flexibility index (Phi) is 5.69. The summed E-state index contributed by atoms with van der Waals surface area (Å²) in [5.41, 5.74) is 0.290. The van der Waals surface area contributed by atoms with Crippen LogP contribution in [0.3, 0.4) is 0 Å². The third kappa shape index (κ3) is 4.58. The highest BCUT2D eigenvalue weighted by Gasteiger charge is 2.39. The lowest BCUT2D eigenvalue weighted by atomic mass is 10.2. The summed E-state index contributed by atoms with van der Waals surface area (Å²) >= 11 is 12.2. The summed E-state index contributed by atoms with van der Waals surface area (Å²) in [5, 5.41) is -0.191. The molecule has 2 aromatic heterocycles. The van der Waals surface area contributed by atoms with Gasteiger partial charge in [-0.05, 0) is 6.07 Å². The lowest BCUT2D eigenvalue weighted by Gasteiger charge is -2.25. The molecule has 27 heavy (non-hydrogen) atoms. The second kappa shape index (κ2) is 7.84. The van der Waals surface area contributed by atoms with Gasteiger partial charge in [0.15, 0.2) is 16.8 Å². The van der Waals surface area contributed by atoms with Gasteiger partial charge >= 0.3 is 0 Å². The molecule has 1 saturated heterocycles. The molecule has 3 rings (SSSR count). The second-order valence-electron chi connectivity index (χ2n) is 5.97. The number of aromatic nitrogens is 3. The van der Waals surface area contributed by atoms with E-state index in [4.69, 9.17) is 29.8 Å². The van der Waals surface area contributed by atoms with Gasteiger partial charge in [-0.3, -0.25) is 4.85 Å². The van der Waals surface area contributed by atoms with Crippen molar-refractivity contribution in [2.24, 2.45) is 0 Å². The normalized spacial score (nSPS) is 17.4. The van der Waals surface area contributed by atoms with Gasteiger partial charge in [-0.2, -0.15) is 4.39 Å². The molecule has 0 bridgehead atoms. The first kappa shape index (κ1) is 19.6. The van der Waals surface area contributed by atoms with Gasteiger partial charge in [0.1, 0.15) is 5.02 Å². The van der Waals surface area contributed by atoms with Crippen LogP contribution in [0.5, 0.6) is 0 Å². The van der Waals surface area contributed by atoms with E-state index in [1.54, 1.807) is 0 Å². The number of hydrogen-bond donors (Lipinski definition) is 0. The Labute approximate surface area is 163 Å². The van der Waals surface area contributed by atoms with Crippen LogP contribution in [0.1, 0.15) is 0 Å². The van der Waals surface area contributed by atoms with E-state index in [0.717, 1.165) is 6.07 Å². The standard InChI is InChI=1S/C16H13Cl2F3N6/c1-22-9-26-4-5-27(8-16(20,21)7-26)15-12(17)13(18)24-14(25-15)10-2-3-23-11(19)6-10/h2-3,6H,4-5,7-9H2. The van der Waals surface area contributed by atoms with E-state index in [2.05, 4.69) is 19.8 Å². The van der Waals surface area contributed by atoms with Crippen molar-refractivity contribution in [3.05, 3.63) is 45.9 Å². The van der Waals surface area contributed by atoms with Crippen LogP contribution in [0.4, 0.5) is 19.0 Å². The average molecular weight is 417 g/mol. The van der Waals surface area contributed by atoms with Crippen molar-refractivity contribution in [2.45, 2.75) is 5.92 Å². The predicted octanol–water partition coefficient (Wildman–Crippen LogP) is 3.62. The molecule has 1 aliphatic rings. The Bertz CT molecular complexity index is 889. The number of anilines is 1. The Morgan fingerprint density at radius 1 is 1.22 bits per heavy atom. The Hall–Kier alpha value is -2.15. The summed E-state index contributed by atoms with van der Waals surface area (Å²) in [6.45, 7) is 5.99. The minimum atomic E-state index is -3.08. The summed E-state index contributed by atoms with van der Waals surface area (Å²) in [4.78, 5) is 17.5. The van der Waals surface area contributed by atoms with Crippen LogP contribution in [0.15, 0.2) is 18.3 Å². The monoisotopic (exact) mass is 416 g/mol. The van der Waals surface area contributed by atoms with Crippen LogP contribution in [0.2, 0.25) is 10.2 Å². The van der Waals surface area contributed by atoms with Gasteiger partial charge in [-0.1, -0.05) is 23.2 Å². The van der Waals surface area contributed by atoms with Gasteiger partial charge in [0.05, 0.1) is 13.1 Å². The zero-order chi connectivity index (χ0) is 19.6. The Balaban J connectivity index is 1.99. The zero-order valence-corrected chi connectivity index (χ0v) is 15.4. The molecule has 6 nitrogen and oxygen atoms in total. The lowest BCUT2D eigenvalue weighted by molar-refractivity contribution is -0.0126. The molecular weight excluding hydrogens is 404 g/mol. The minimum absolute atomic E-state index is 0.0354. The molecule has 0 atom stereocenters. The van der Waals surface area contributed by atoms with Gasteiger partial charge < -0.3 is 4.90 Å². The van der Waals surface area contributed by atoms with Gasteiger partial charge in [0, 0.05) is 30.9 Å². The van der Waals surface area contributed by atoms with Crippen molar-refractivity contribution in [3.63, 3.8) is 0 Å². The number of alkyl halides is 2. The third-order valence-electron chi connectivity index (χ3n) is 3.91. The minimum Gasteiger partial charge on any atom is -0.348 e. The molecule has 11 heteroatoms. The summed E-state index contributed by atoms with van der Waals surface area (Å²) < 4.78 is 42.0. The van der Waals surface area contributed by atoms with Crippen LogP contribution in [-0.2, 0) is 0 Å². The summed E-state index contributed by atoms with van der Waals surface area (Å²) in [5.74, 6) is -3.73. The van der Waals surface area contributed by atoms with E-state index in [1.165, 1.54) is 22.1 Å². The Morgan fingerprint density at radius 3 is 2.70 bits per heavy atom. The van der Waals surface area contributed by atoms with E-state index in [1.807, 2.05) is 0 Å². The number of rotatable bonds is 3. The van der Waals surface area contributed by atoms with Crippen molar-refractivity contribution in [1.82, 2.24) is 19.9 Å². The molecule has 0 saturated carbocycles. The lowest BCUT2D eigenvalue weighted by Crippen LogP contribution is -2.40. The summed E-state index contributed by atoms with van der Waals surface area (Å²) in [7, 11) is 0. The third-order valence-corrected chi connectivity index (χ3v) is 4.63. The number of nitrogens with zero attached hydrogens (tertiary/aromatic N) is 6. The Morgan fingerprint density at radius 2 is 2.00 bits per heavy atom. The number of hydrogen-bond acceptors (Lipinski definition) is 5. The van der Waals surface area contributed by atoms with Crippen LogP contribution >= 0.6 is 23.2 Å². The second-order valence-corrected chi connectivity index (χ2v) is 6.71. The molecule has 0 unspecified atom stereocenters. The zero-order valence-electron chi connectivity index (χ0n) is 13.8. The van der Waals surface area contributed by atoms with Crippen molar-refractivity contribution in [1.29, 1.82) is 0 Å². The van der Waals surface area contributed by atoms with Gasteiger partial charge in [-0.15, -0.1) is 0 Å². The van der Waals surface area contributed by atoms with Crippen LogP contribution in [0, 0.1) is 12.5 Å². The molecule has 0 amide bonds. The van der Waals surface area contributed by atoms with Gasteiger partial charge in [0.25, 0.3) is 12.6 Å². The molecule has 0 spiro atoms. The number of halogens is 5. The quantitative estimate of drug-likeness (QED) is 0.434. The fourth-order valence-electron chi connectivity index (χ4n) is 2.77. The highest BCUT2D eigenvalue weighted by atomic mass is 35.5. The molecule has 1 aliphatic heterocycles. The maximum atomic E-state index is 14.3. The van der Waals surface area contributed by atoms with Crippen molar-refractivity contribution in [2.75, 3.05) is 37.7 Å². The number of pyridine rings is 1. The molecule has 142 valence electrons. The fourth-order valence-corrected chi connectivity index (χ4v) is 3.14. The maximum Gasteiger partial charge on any atom is 0.277 e. The fraction of sp³-hybridized carbons (Fsp3) is 0.375. The molecule has 1 fully saturated rings. The summed E-state index contributed by atoms with van der Waals surface area (Å²) in [6, 6.07) is 2.58. The van der Waals surface area contributed by atoms with Gasteiger partial charge in [-0.25, -0.2) is 35.2 Å². The smallest absolute Gasteiger partial charge is 0.277 e. The molecule has 0 aromatic carbocycles. The molecular formula is C16H13Cl2F3N6. The SMILES string of the molecule is [C-]#[N+]CN1CCN(c2nc(-c3ccnc(F)c3)nc(Cl)c2Cl)CC(F)(F)C1. The molecule has 3 heterocycles. The molecule has 0 radical (unpaired) electrons. The molecule has 2 aromatic rings. The van der Waals surface area contributed by atoms with Crippen molar-refractivity contribution >= 4 is 29.0 Å².